The number of rotatable bonds is 7. The topological polar surface area (TPSA) is 43.8 Å². The molecule has 21 heavy (non-hydrogen) atoms. The summed E-state index contributed by atoms with van der Waals surface area (Å²) in [5.41, 5.74) is 0. The number of hydrogen-bond donors (Lipinski definition) is 1. The highest BCUT2D eigenvalue weighted by Crippen LogP contribution is 2.22. The number of amides is 1. The predicted molar refractivity (Wildman–Crippen MR) is 86.3 cm³/mol. The van der Waals surface area contributed by atoms with Crippen LogP contribution in [0.25, 0.3) is 0 Å². The molecule has 0 aliphatic heterocycles. The van der Waals surface area contributed by atoms with Gasteiger partial charge in [-0.2, -0.15) is 0 Å². The molecule has 0 unspecified atom stereocenters. The van der Waals surface area contributed by atoms with E-state index in [1.165, 1.54) is 24.1 Å². The van der Waals surface area contributed by atoms with Crippen LogP contribution in [0.15, 0.2) is 17.5 Å². The Morgan fingerprint density at radius 2 is 2.14 bits per heavy atom. The molecule has 1 fully saturated rings. The lowest BCUT2D eigenvalue weighted by Crippen LogP contribution is -2.45. The van der Waals surface area contributed by atoms with E-state index in [0.29, 0.717) is 25.7 Å². The third-order valence-electron chi connectivity index (χ3n) is 4.22. The van der Waals surface area contributed by atoms with Crippen LogP contribution in [0.4, 0.5) is 0 Å². The zero-order chi connectivity index (χ0) is 15.1. The Bertz CT molecular complexity index is 416. The summed E-state index contributed by atoms with van der Waals surface area (Å²) < 4.78 is 0. The zero-order valence-electron chi connectivity index (χ0n) is 12.8. The lowest BCUT2D eigenvalue weighted by molar-refractivity contribution is -0.132. The molecule has 4 nitrogen and oxygen atoms in total. The van der Waals surface area contributed by atoms with Gasteiger partial charge in [0.25, 0.3) is 0 Å². The van der Waals surface area contributed by atoms with Gasteiger partial charge in [0.05, 0.1) is 19.7 Å². The lowest BCUT2D eigenvalue weighted by atomic mass is 9.94. The van der Waals surface area contributed by atoms with Crippen molar-refractivity contribution in [2.45, 2.75) is 44.7 Å². The summed E-state index contributed by atoms with van der Waals surface area (Å²) in [4.78, 5) is 17.6. The minimum Gasteiger partial charge on any atom is -0.395 e. The molecule has 1 saturated carbocycles. The van der Waals surface area contributed by atoms with E-state index < -0.39 is 0 Å². The van der Waals surface area contributed by atoms with E-state index in [0.717, 1.165) is 12.8 Å². The van der Waals surface area contributed by atoms with Crippen LogP contribution in [-0.4, -0.2) is 53.6 Å². The van der Waals surface area contributed by atoms with Gasteiger partial charge in [0, 0.05) is 24.5 Å². The Kier molecular flexibility index (Phi) is 6.67. The second-order valence-corrected chi connectivity index (χ2v) is 6.85. The summed E-state index contributed by atoms with van der Waals surface area (Å²) in [6, 6.07) is 4.53. The van der Waals surface area contributed by atoms with Gasteiger partial charge in [-0.1, -0.05) is 25.3 Å². The molecular weight excluding hydrogens is 284 g/mol. The third-order valence-corrected chi connectivity index (χ3v) is 5.08. The first-order valence-corrected chi connectivity index (χ1v) is 8.70. The predicted octanol–water partition coefficient (Wildman–Crippen LogP) is 2.33. The van der Waals surface area contributed by atoms with Gasteiger partial charge < -0.3 is 10.0 Å². The summed E-state index contributed by atoms with van der Waals surface area (Å²) in [6.45, 7) is 1.82. The fourth-order valence-corrected chi connectivity index (χ4v) is 3.74. The van der Waals surface area contributed by atoms with E-state index in [9.17, 15) is 9.90 Å². The Morgan fingerprint density at radius 1 is 1.38 bits per heavy atom. The summed E-state index contributed by atoms with van der Waals surface area (Å²) in [5.74, 6) is 0.141. The number of nitrogens with zero attached hydrogens (tertiary/aromatic N) is 2. The van der Waals surface area contributed by atoms with Crippen LogP contribution >= 0.6 is 11.3 Å². The van der Waals surface area contributed by atoms with Crippen molar-refractivity contribution in [2.75, 3.05) is 26.7 Å². The van der Waals surface area contributed by atoms with Crippen molar-refractivity contribution < 1.29 is 9.90 Å². The molecule has 0 radical (unpaired) electrons. The van der Waals surface area contributed by atoms with Crippen molar-refractivity contribution in [3.05, 3.63) is 22.4 Å². The fraction of sp³-hybridized carbons (Fsp3) is 0.688. The fourth-order valence-electron chi connectivity index (χ4n) is 2.98. The minimum atomic E-state index is 0.123. The molecule has 5 heteroatoms. The normalized spacial score (nSPS) is 16.3. The van der Waals surface area contributed by atoms with Crippen molar-refractivity contribution in [3.63, 3.8) is 0 Å². The molecule has 2 rings (SSSR count). The molecule has 118 valence electrons. The van der Waals surface area contributed by atoms with Crippen molar-refractivity contribution in [2.24, 2.45) is 0 Å². The molecule has 0 spiro atoms. The van der Waals surface area contributed by atoms with Gasteiger partial charge in [0.15, 0.2) is 0 Å². The number of carbonyl (C=O) groups is 1. The zero-order valence-corrected chi connectivity index (χ0v) is 13.6. The molecule has 0 aromatic carbocycles. The van der Waals surface area contributed by atoms with Gasteiger partial charge in [-0.05, 0) is 24.3 Å². The summed E-state index contributed by atoms with van der Waals surface area (Å²) in [5, 5.41) is 11.3. The van der Waals surface area contributed by atoms with Gasteiger partial charge >= 0.3 is 0 Å². The first-order chi connectivity index (χ1) is 10.2. The van der Waals surface area contributed by atoms with E-state index in [1.807, 2.05) is 18.5 Å². The number of aliphatic hydroxyl groups is 1. The van der Waals surface area contributed by atoms with E-state index in [1.54, 1.807) is 16.2 Å². The number of carbonyl (C=O) groups excluding carboxylic acids is 1. The van der Waals surface area contributed by atoms with Crippen molar-refractivity contribution in [3.8, 4) is 0 Å². The second kappa shape index (κ2) is 8.51. The first-order valence-electron chi connectivity index (χ1n) is 7.82. The number of thiophene rings is 1. The van der Waals surface area contributed by atoms with Crippen molar-refractivity contribution >= 4 is 17.2 Å². The quantitative estimate of drug-likeness (QED) is 0.840. The maximum Gasteiger partial charge on any atom is 0.236 e. The highest BCUT2D eigenvalue weighted by atomic mass is 32.1. The maximum atomic E-state index is 12.4. The van der Waals surface area contributed by atoms with Crippen LogP contribution in [0, 0.1) is 0 Å². The van der Waals surface area contributed by atoms with Crippen molar-refractivity contribution in [1.29, 1.82) is 0 Å². The SMILES string of the molecule is CN(Cc1cccs1)C(=O)CN(CCO)C1CCCCC1. The average molecular weight is 310 g/mol. The molecule has 1 heterocycles. The average Bonchev–Trinajstić information content (AvgIpc) is 3.00. The second-order valence-electron chi connectivity index (χ2n) is 5.82. The van der Waals surface area contributed by atoms with Crippen molar-refractivity contribution in [1.82, 2.24) is 9.80 Å². The van der Waals surface area contributed by atoms with Gasteiger partial charge in [-0.25, -0.2) is 0 Å². The molecule has 1 aromatic rings. The molecule has 0 saturated heterocycles. The highest BCUT2D eigenvalue weighted by Gasteiger charge is 2.23. The number of aliphatic hydroxyl groups excluding tert-OH is 1. The van der Waals surface area contributed by atoms with Crippen LogP contribution in [0.3, 0.4) is 0 Å². The maximum absolute atomic E-state index is 12.4. The minimum absolute atomic E-state index is 0.123. The van der Waals surface area contributed by atoms with Gasteiger partial charge in [0.1, 0.15) is 0 Å². The monoisotopic (exact) mass is 310 g/mol. The van der Waals surface area contributed by atoms with E-state index in [2.05, 4.69) is 11.0 Å². The van der Waals surface area contributed by atoms with Crippen LogP contribution in [-0.2, 0) is 11.3 Å². The molecular formula is C16H26N2O2S. The number of likely N-dealkylation sites (N-methyl/N-ethyl adjacent to an activating group) is 1. The molecule has 1 aliphatic carbocycles. The Hall–Kier alpha value is -0.910. The Balaban J connectivity index is 1.87. The summed E-state index contributed by atoms with van der Waals surface area (Å²) in [6.07, 6.45) is 6.09. The molecule has 1 amide bonds. The molecule has 0 atom stereocenters. The third kappa shape index (κ3) is 5.09. The standard InChI is InChI=1S/C16H26N2O2S/c1-17(12-15-8-5-11-21-15)16(20)13-18(9-10-19)14-6-3-2-4-7-14/h5,8,11,14,19H,2-4,6-7,9-10,12-13H2,1H3. The van der Waals surface area contributed by atoms with Crippen LogP contribution in [0.5, 0.6) is 0 Å². The largest absolute Gasteiger partial charge is 0.395 e. The molecule has 1 aromatic heterocycles. The van der Waals surface area contributed by atoms with Gasteiger partial charge in [-0.15, -0.1) is 11.3 Å². The summed E-state index contributed by atoms with van der Waals surface area (Å²) >= 11 is 1.68. The van der Waals surface area contributed by atoms with Gasteiger partial charge in [0.2, 0.25) is 5.91 Å². The summed E-state index contributed by atoms with van der Waals surface area (Å²) in [7, 11) is 1.86. The Morgan fingerprint density at radius 3 is 2.76 bits per heavy atom. The molecule has 1 N–H and O–H groups in total. The van der Waals surface area contributed by atoms with Crippen LogP contribution in [0.1, 0.15) is 37.0 Å². The first kappa shape index (κ1) is 16.5. The van der Waals surface area contributed by atoms with Gasteiger partial charge in [-0.3, -0.25) is 9.69 Å². The molecule has 0 bridgehead atoms. The smallest absolute Gasteiger partial charge is 0.236 e. The van der Waals surface area contributed by atoms with E-state index >= 15 is 0 Å². The van der Waals surface area contributed by atoms with E-state index in [-0.39, 0.29) is 12.5 Å². The van der Waals surface area contributed by atoms with Crippen LogP contribution < -0.4 is 0 Å². The Labute approximate surface area is 131 Å². The highest BCUT2D eigenvalue weighted by molar-refractivity contribution is 7.09. The number of hydrogen-bond acceptors (Lipinski definition) is 4. The lowest BCUT2D eigenvalue weighted by Gasteiger charge is -2.34. The molecule has 1 aliphatic rings. The van der Waals surface area contributed by atoms with E-state index in [4.69, 9.17) is 0 Å². The van der Waals surface area contributed by atoms with Crippen LogP contribution in [0.2, 0.25) is 0 Å².